The number of nitrogens with one attached hydrogen (secondary N) is 1. The Morgan fingerprint density at radius 3 is 2.59 bits per heavy atom. The number of hydrogen-bond donors (Lipinski definition) is 1. The van der Waals surface area contributed by atoms with Crippen molar-refractivity contribution in [2.75, 3.05) is 13.4 Å². The number of amides is 1. The molecule has 3 rings (SSSR count). The van der Waals surface area contributed by atoms with Gasteiger partial charge in [0, 0.05) is 24.3 Å². The zero-order valence-corrected chi connectivity index (χ0v) is 16.8. The molecular formula is C20H20ClN3O2S. The van der Waals surface area contributed by atoms with Crippen LogP contribution in [0.2, 0.25) is 5.02 Å². The molecule has 0 aliphatic carbocycles. The second-order valence-corrected chi connectivity index (χ2v) is 7.21. The lowest BCUT2D eigenvalue weighted by molar-refractivity contribution is 0.0941. The van der Waals surface area contributed by atoms with Gasteiger partial charge in [0.05, 0.1) is 17.7 Å². The zero-order valence-electron chi connectivity index (χ0n) is 15.3. The number of nitrogens with zero attached hydrogens (tertiary/aromatic N) is 2. The fraction of sp³-hybridized carbons (Fsp3) is 0.200. The quantitative estimate of drug-likeness (QED) is 0.625. The monoisotopic (exact) mass is 401 g/mol. The minimum Gasteiger partial charge on any atom is -0.497 e. The Hall–Kier alpha value is -2.44. The number of thioether (sulfide) groups is 1. The van der Waals surface area contributed by atoms with Crippen LogP contribution in [0, 0.1) is 0 Å². The molecule has 140 valence electrons. The Labute approximate surface area is 167 Å². The third-order valence-corrected chi connectivity index (χ3v) is 5.31. The molecule has 0 saturated heterocycles. The summed E-state index contributed by atoms with van der Waals surface area (Å²) in [6, 6.07) is 12.6. The number of hydrogen-bond acceptors (Lipinski definition) is 4. The normalized spacial score (nSPS) is 11.9. The number of ether oxygens (including phenoxy) is 1. The summed E-state index contributed by atoms with van der Waals surface area (Å²) in [6.07, 6.45) is 5.51. The van der Waals surface area contributed by atoms with Crippen molar-refractivity contribution in [3.8, 4) is 5.75 Å². The molecule has 2 aromatic carbocycles. The SMILES string of the molecule is COc1ccc(C(NC(=O)c2cc(SC)ccc2Cl)c2nccn2C)cc1. The maximum absolute atomic E-state index is 13.0. The van der Waals surface area contributed by atoms with Crippen LogP contribution in [-0.2, 0) is 7.05 Å². The first-order chi connectivity index (χ1) is 13.0. The van der Waals surface area contributed by atoms with Crippen molar-refractivity contribution in [1.29, 1.82) is 0 Å². The molecule has 1 heterocycles. The molecule has 7 heteroatoms. The Bertz CT molecular complexity index is 941. The number of aryl methyl sites for hydroxylation is 1. The number of methoxy groups -OCH3 is 1. The number of benzene rings is 2. The number of halogens is 1. The lowest BCUT2D eigenvalue weighted by Crippen LogP contribution is -2.31. The van der Waals surface area contributed by atoms with E-state index >= 15 is 0 Å². The van der Waals surface area contributed by atoms with Gasteiger partial charge in [0.2, 0.25) is 0 Å². The van der Waals surface area contributed by atoms with E-state index in [1.54, 1.807) is 37.2 Å². The van der Waals surface area contributed by atoms with Gasteiger partial charge in [-0.15, -0.1) is 11.8 Å². The summed E-state index contributed by atoms with van der Waals surface area (Å²) in [5, 5.41) is 3.48. The summed E-state index contributed by atoms with van der Waals surface area (Å²) in [5.41, 5.74) is 1.34. The number of rotatable bonds is 6. The van der Waals surface area contributed by atoms with Gasteiger partial charge in [-0.25, -0.2) is 4.98 Å². The fourth-order valence-corrected chi connectivity index (χ4v) is 3.41. The van der Waals surface area contributed by atoms with E-state index in [2.05, 4.69) is 10.3 Å². The second-order valence-electron chi connectivity index (χ2n) is 5.92. The third kappa shape index (κ3) is 4.28. The van der Waals surface area contributed by atoms with Crippen LogP contribution in [-0.4, -0.2) is 28.8 Å². The minimum absolute atomic E-state index is 0.250. The van der Waals surface area contributed by atoms with Crippen LogP contribution in [0.1, 0.15) is 27.8 Å². The standard InChI is InChI=1S/C20H20ClN3O2S/c1-24-11-10-22-19(24)18(13-4-6-14(26-2)7-5-13)23-20(25)16-12-15(27-3)8-9-17(16)21/h4-12,18H,1-3H3,(H,23,25). The Morgan fingerprint density at radius 1 is 1.26 bits per heavy atom. The first kappa shape index (κ1) is 19.3. The van der Waals surface area contributed by atoms with Gasteiger partial charge >= 0.3 is 0 Å². The zero-order chi connectivity index (χ0) is 19.4. The molecule has 0 fully saturated rings. The van der Waals surface area contributed by atoms with E-state index in [9.17, 15) is 4.79 Å². The van der Waals surface area contributed by atoms with E-state index in [0.717, 1.165) is 22.0 Å². The lowest BCUT2D eigenvalue weighted by Gasteiger charge is -2.20. The third-order valence-electron chi connectivity index (χ3n) is 4.26. The van der Waals surface area contributed by atoms with Crippen molar-refractivity contribution in [2.45, 2.75) is 10.9 Å². The van der Waals surface area contributed by atoms with Crippen LogP contribution < -0.4 is 10.1 Å². The van der Waals surface area contributed by atoms with Crippen LogP contribution in [0.4, 0.5) is 0 Å². The van der Waals surface area contributed by atoms with Crippen molar-refractivity contribution in [2.24, 2.45) is 7.05 Å². The summed E-state index contributed by atoms with van der Waals surface area (Å²) in [7, 11) is 3.51. The van der Waals surface area contributed by atoms with Gasteiger partial charge in [-0.05, 0) is 42.2 Å². The maximum Gasteiger partial charge on any atom is 0.253 e. The molecule has 0 saturated carbocycles. The van der Waals surface area contributed by atoms with Gasteiger partial charge in [0.25, 0.3) is 5.91 Å². The Morgan fingerprint density at radius 2 is 2.00 bits per heavy atom. The van der Waals surface area contributed by atoms with E-state index in [4.69, 9.17) is 16.3 Å². The molecule has 0 spiro atoms. The predicted octanol–water partition coefficient (Wildman–Crippen LogP) is 4.32. The second kappa shape index (κ2) is 8.50. The van der Waals surface area contributed by atoms with Crippen molar-refractivity contribution in [3.63, 3.8) is 0 Å². The summed E-state index contributed by atoms with van der Waals surface area (Å²) in [5.74, 6) is 1.23. The predicted molar refractivity (Wildman–Crippen MR) is 109 cm³/mol. The summed E-state index contributed by atoms with van der Waals surface area (Å²) in [6.45, 7) is 0. The van der Waals surface area contributed by atoms with Crippen molar-refractivity contribution in [3.05, 3.63) is 76.8 Å². The van der Waals surface area contributed by atoms with E-state index in [0.29, 0.717) is 10.6 Å². The number of imidazole rings is 1. The maximum atomic E-state index is 13.0. The molecule has 1 N–H and O–H groups in total. The molecule has 1 unspecified atom stereocenters. The minimum atomic E-state index is -0.419. The molecule has 0 radical (unpaired) electrons. The summed E-state index contributed by atoms with van der Waals surface area (Å²) in [4.78, 5) is 18.4. The highest BCUT2D eigenvalue weighted by Crippen LogP contribution is 2.26. The van der Waals surface area contributed by atoms with E-state index in [1.807, 2.05) is 54.4 Å². The number of carbonyl (C=O) groups is 1. The first-order valence-corrected chi connectivity index (χ1v) is 9.89. The summed E-state index contributed by atoms with van der Waals surface area (Å²) < 4.78 is 7.11. The average Bonchev–Trinajstić information content (AvgIpc) is 3.12. The Balaban J connectivity index is 1.96. The van der Waals surface area contributed by atoms with E-state index < -0.39 is 6.04 Å². The molecule has 5 nitrogen and oxygen atoms in total. The van der Waals surface area contributed by atoms with Crippen LogP contribution in [0.3, 0.4) is 0 Å². The number of aromatic nitrogens is 2. The molecule has 0 aliphatic rings. The first-order valence-electron chi connectivity index (χ1n) is 8.29. The van der Waals surface area contributed by atoms with Crippen LogP contribution in [0.25, 0.3) is 0 Å². The topological polar surface area (TPSA) is 56.1 Å². The van der Waals surface area contributed by atoms with Gasteiger partial charge in [0.1, 0.15) is 17.6 Å². The number of carbonyl (C=O) groups excluding carboxylic acids is 1. The van der Waals surface area contributed by atoms with Crippen LogP contribution in [0.15, 0.2) is 59.8 Å². The lowest BCUT2D eigenvalue weighted by atomic mass is 10.0. The van der Waals surface area contributed by atoms with E-state index in [1.165, 1.54) is 0 Å². The van der Waals surface area contributed by atoms with Crippen molar-refractivity contribution in [1.82, 2.24) is 14.9 Å². The summed E-state index contributed by atoms with van der Waals surface area (Å²) >= 11 is 7.83. The Kier molecular flexibility index (Phi) is 6.08. The molecule has 3 aromatic rings. The average molecular weight is 402 g/mol. The molecule has 0 aliphatic heterocycles. The van der Waals surface area contributed by atoms with Gasteiger partial charge in [-0.3, -0.25) is 4.79 Å². The largest absolute Gasteiger partial charge is 0.497 e. The van der Waals surface area contributed by atoms with Gasteiger partial charge in [-0.2, -0.15) is 0 Å². The molecular weight excluding hydrogens is 382 g/mol. The van der Waals surface area contributed by atoms with Gasteiger partial charge in [-0.1, -0.05) is 23.7 Å². The highest BCUT2D eigenvalue weighted by atomic mass is 35.5. The molecule has 1 amide bonds. The smallest absolute Gasteiger partial charge is 0.253 e. The van der Waals surface area contributed by atoms with E-state index in [-0.39, 0.29) is 5.91 Å². The van der Waals surface area contributed by atoms with Gasteiger partial charge in [0.15, 0.2) is 0 Å². The molecule has 1 atom stereocenters. The van der Waals surface area contributed by atoms with Crippen molar-refractivity contribution < 1.29 is 9.53 Å². The fourth-order valence-electron chi connectivity index (χ4n) is 2.76. The van der Waals surface area contributed by atoms with Crippen LogP contribution in [0.5, 0.6) is 5.75 Å². The van der Waals surface area contributed by atoms with Gasteiger partial charge < -0.3 is 14.6 Å². The highest BCUT2D eigenvalue weighted by molar-refractivity contribution is 7.98. The molecule has 1 aromatic heterocycles. The van der Waals surface area contributed by atoms with Crippen molar-refractivity contribution >= 4 is 29.3 Å². The molecule has 0 bridgehead atoms. The molecule has 27 heavy (non-hydrogen) atoms. The van der Waals surface area contributed by atoms with Crippen LogP contribution >= 0.6 is 23.4 Å². The highest BCUT2D eigenvalue weighted by Gasteiger charge is 2.23.